The standard InChI is InChI=1S/C12H18ClNOS/c1-2-14(10-11-6-5-9-16-11)12(15)7-3-4-8-13/h5-6,9H,2-4,7-8,10H2,1H3. The second-order valence-electron chi connectivity index (χ2n) is 3.63. The van der Waals surface area contributed by atoms with Crippen molar-refractivity contribution in [2.24, 2.45) is 0 Å². The fraction of sp³-hybridized carbons (Fsp3) is 0.583. The van der Waals surface area contributed by atoms with Crippen molar-refractivity contribution >= 4 is 28.8 Å². The minimum absolute atomic E-state index is 0.237. The molecule has 0 bridgehead atoms. The molecular weight excluding hydrogens is 242 g/mol. The van der Waals surface area contributed by atoms with E-state index < -0.39 is 0 Å². The molecule has 0 aliphatic rings. The molecule has 0 unspecified atom stereocenters. The van der Waals surface area contributed by atoms with E-state index in [0.29, 0.717) is 12.3 Å². The Morgan fingerprint density at radius 3 is 2.88 bits per heavy atom. The maximum absolute atomic E-state index is 11.9. The van der Waals surface area contributed by atoms with Gasteiger partial charge in [0.25, 0.3) is 0 Å². The third-order valence-corrected chi connectivity index (χ3v) is 3.56. The molecule has 0 aliphatic heterocycles. The second kappa shape index (κ2) is 7.69. The largest absolute Gasteiger partial charge is 0.338 e. The van der Waals surface area contributed by atoms with Crippen molar-refractivity contribution in [2.45, 2.75) is 32.7 Å². The van der Waals surface area contributed by atoms with Crippen molar-refractivity contribution < 1.29 is 4.79 Å². The molecule has 0 atom stereocenters. The summed E-state index contributed by atoms with van der Waals surface area (Å²) in [4.78, 5) is 15.0. The van der Waals surface area contributed by atoms with Crippen LogP contribution in [0.2, 0.25) is 0 Å². The molecule has 0 radical (unpaired) electrons. The summed E-state index contributed by atoms with van der Waals surface area (Å²) in [6.45, 7) is 3.54. The number of amides is 1. The van der Waals surface area contributed by atoms with E-state index >= 15 is 0 Å². The third kappa shape index (κ3) is 4.54. The van der Waals surface area contributed by atoms with Gasteiger partial charge in [-0.1, -0.05) is 6.07 Å². The van der Waals surface area contributed by atoms with Crippen LogP contribution in [-0.4, -0.2) is 23.2 Å². The molecule has 1 rings (SSSR count). The molecule has 4 heteroatoms. The zero-order valence-corrected chi connectivity index (χ0v) is 11.2. The number of thiophene rings is 1. The fourth-order valence-corrected chi connectivity index (χ4v) is 2.40. The van der Waals surface area contributed by atoms with E-state index in [0.717, 1.165) is 25.9 Å². The first kappa shape index (κ1) is 13.5. The van der Waals surface area contributed by atoms with E-state index in [2.05, 4.69) is 6.07 Å². The van der Waals surface area contributed by atoms with Gasteiger partial charge in [0.2, 0.25) is 5.91 Å². The van der Waals surface area contributed by atoms with Gasteiger partial charge in [-0.15, -0.1) is 22.9 Å². The SMILES string of the molecule is CCN(Cc1cccs1)C(=O)CCCCCl. The Kier molecular flexibility index (Phi) is 6.50. The second-order valence-corrected chi connectivity index (χ2v) is 5.04. The van der Waals surface area contributed by atoms with Crippen LogP contribution in [-0.2, 0) is 11.3 Å². The average Bonchev–Trinajstić information content (AvgIpc) is 2.78. The molecule has 2 nitrogen and oxygen atoms in total. The van der Waals surface area contributed by atoms with Crippen LogP contribution in [0.15, 0.2) is 17.5 Å². The number of nitrogens with zero attached hydrogens (tertiary/aromatic N) is 1. The smallest absolute Gasteiger partial charge is 0.222 e. The van der Waals surface area contributed by atoms with Gasteiger partial charge in [-0.25, -0.2) is 0 Å². The summed E-state index contributed by atoms with van der Waals surface area (Å²) in [7, 11) is 0. The van der Waals surface area contributed by atoms with Crippen molar-refractivity contribution in [3.05, 3.63) is 22.4 Å². The van der Waals surface area contributed by atoms with Crippen LogP contribution in [0.3, 0.4) is 0 Å². The Balaban J connectivity index is 2.38. The predicted molar refractivity (Wildman–Crippen MR) is 70.0 cm³/mol. The summed E-state index contributed by atoms with van der Waals surface area (Å²) < 4.78 is 0. The highest BCUT2D eigenvalue weighted by atomic mass is 35.5. The fourth-order valence-electron chi connectivity index (χ4n) is 1.50. The molecule has 90 valence electrons. The van der Waals surface area contributed by atoms with Gasteiger partial charge in [0.1, 0.15) is 0 Å². The van der Waals surface area contributed by atoms with Gasteiger partial charge >= 0.3 is 0 Å². The van der Waals surface area contributed by atoms with Gasteiger partial charge in [-0.05, 0) is 31.2 Å². The zero-order chi connectivity index (χ0) is 11.8. The van der Waals surface area contributed by atoms with E-state index in [9.17, 15) is 4.79 Å². The molecule has 0 saturated heterocycles. The summed E-state index contributed by atoms with van der Waals surface area (Å²) in [5.41, 5.74) is 0. The Hall–Kier alpha value is -0.540. The molecule has 0 N–H and O–H groups in total. The van der Waals surface area contributed by atoms with Gasteiger partial charge in [0, 0.05) is 23.7 Å². The van der Waals surface area contributed by atoms with Crippen molar-refractivity contribution in [3.8, 4) is 0 Å². The maximum atomic E-state index is 11.9. The molecule has 0 spiro atoms. The van der Waals surface area contributed by atoms with Crippen molar-refractivity contribution in [1.82, 2.24) is 4.90 Å². The summed E-state index contributed by atoms with van der Waals surface area (Å²) in [6.07, 6.45) is 2.43. The molecule has 1 aromatic heterocycles. The van der Waals surface area contributed by atoms with Crippen LogP contribution in [0.5, 0.6) is 0 Å². The highest BCUT2D eigenvalue weighted by Crippen LogP contribution is 2.13. The Labute approximate surface area is 106 Å². The number of carbonyl (C=O) groups is 1. The monoisotopic (exact) mass is 259 g/mol. The van der Waals surface area contributed by atoms with Crippen molar-refractivity contribution in [3.63, 3.8) is 0 Å². The first-order valence-corrected chi connectivity index (χ1v) is 7.05. The number of hydrogen-bond donors (Lipinski definition) is 0. The van der Waals surface area contributed by atoms with Crippen molar-refractivity contribution in [2.75, 3.05) is 12.4 Å². The van der Waals surface area contributed by atoms with E-state index in [1.165, 1.54) is 4.88 Å². The first-order chi connectivity index (χ1) is 7.77. The molecule has 16 heavy (non-hydrogen) atoms. The average molecular weight is 260 g/mol. The number of alkyl halides is 1. The lowest BCUT2D eigenvalue weighted by Crippen LogP contribution is -2.29. The lowest BCUT2D eigenvalue weighted by Gasteiger charge is -2.20. The number of rotatable bonds is 7. The van der Waals surface area contributed by atoms with Crippen molar-refractivity contribution in [1.29, 1.82) is 0 Å². The normalized spacial score (nSPS) is 10.4. The minimum Gasteiger partial charge on any atom is -0.338 e. The first-order valence-electron chi connectivity index (χ1n) is 5.64. The molecule has 0 aromatic carbocycles. The molecule has 0 aliphatic carbocycles. The topological polar surface area (TPSA) is 20.3 Å². The highest BCUT2D eigenvalue weighted by molar-refractivity contribution is 7.09. The van der Waals surface area contributed by atoms with Crippen LogP contribution < -0.4 is 0 Å². The highest BCUT2D eigenvalue weighted by Gasteiger charge is 2.11. The summed E-state index contributed by atoms with van der Waals surface area (Å²) >= 11 is 7.29. The van der Waals surface area contributed by atoms with Crippen LogP contribution in [0.25, 0.3) is 0 Å². The van der Waals surface area contributed by atoms with Crippen LogP contribution in [0.1, 0.15) is 31.1 Å². The molecule has 0 fully saturated rings. The predicted octanol–water partition coefficient (Wildman–Crippen LogP) is 3.51. The quantitative estimate of drug-likeness (QED) is 0.542. The van der Waals surface area contributed by atoms with Crippen LogP contribution >= 0.6 is 22.9 Å². The number of carbonyl (C=O) groups excluding carboxylic acids is 1. The van der Waals surface area contributed by atoms with Gasteiger partial charge in [0.15, 0.2) is 0 Å². The van der Waals surface area contributed by atoms with Gasteiger partial charge in [-0.3, -0.25) is 4.79 Å². The van der Waals surface area contributed by atoms with Crippen LogP contribution in [0.4, 0.5) is 0 Å². The Bertz CT molecular complexity index is 300. The molecular formula is C12H18ClNOS. The molecule has 1 aromatic rings. The maximum Gasteiger partial charge on any atom is 0.222 e. The summed E-state index contributed by atoms with van der Waals surface area (Å²) in [5, 5.41) is 2.04. The number of halogens is 1. The Morgan fingerprint density at radius 1 is 1.50 bits per heavy atom. The molecule has 0 saturated carbocycles. The van der Waals surface area contributed by atoms with Gasteiger partial charge in [0.05, 0.1) is 6.54 Å². The van der Waals surface area contributed by atoms with E-state index in [-0.39, 0.29) is 5.91 Å². The lowest BCUT2D eigenvalue weighted by atomic mass is 10.2. The minimum atomic E-state index is 0.237. The zero-order valence-electron chi connectivity index (χ0n) is 9.62. The van der Waals surface area contributed by atoms with Crippen LogP contribution in [0, 0.1) is 0 Å². The number of hydrogen-bond acceptors (Lipinski definition) is 2. The van der Waals surface area contributed by atoms with E-state index in [1.807, 2.05) is 23.3 Å². The third-order valence-electron chi connectivity index (χ3n) is 2.44. The van der Waals surface area contributed by atoms with E-state index in [4.69, 9.17) is 11.6 Å². The van der Waals surface area contributed by atoms with Gasteiger partial charge < -0.3 is 4.90 Å². The van der Waals surface area contributed by atoms with Gasteiger partial charge in [-0.2, -0.15) is 0 Å². The summed E-state index contributed by atoms with van der Waals surface area (Å²) in [6, 6.07) is 4.09. The molecule has 1 amide bonds. The van der Waals surface area contributed by atoms with E-state index in [1.54, 1.807) is 11.3 Å². The lowest BCUT2D eigenvalue weighted by molar-refractivity contribution is -0.131. The number of unbranched alkanes of at least 4 members (excludes halogenated alkanes) is 1. The summed E-state index contributed by atoms with van der Waals surface area (Å²) in [5.74, 6) is 0.880. The Morgan fingerprint density at radius 2 is 2.31 bits per heavy atom. The molecule has 1 heterocycles.